The van der Waals surface area contributed by atoms with Gasteiger partial charge in [0.15, 0.2) is 0 Å². The quantitative estimate of drug-likeness (QED) is 0.629. The molecule has 0 saturated heterocycles. The first-order valence-corrected chi connectivity index (χ1v) is 6.58. The highest BCUT2D eigenvalue weighted by Gasteiger charge is 2.16. The molecule has 0 amide bonds. The van der Waals surface area contributed by atoms with E-state index in [9.17, 15) is 4.79 Å². The van der Waals surface area contributed by atoms with Crippen LogP contribution in [0, 0.1) is 14.9 Å². The van der Waals surface area contributed by atoms with E-state index in [4.69, 9.17) is 10.00 Å². The first-order valence-electron chi connectivity index (χ1n) is 5.50. The number of halogens is 1. The highest BCUT2D eigenvalue weighted by atomic mass is 127. The average molecular weight is 354 g/mol. The van der Waals surface area contributed by atoms with E-state index in [0.717, 1.165) is 14.5 Å². The lowest BCUT2D eigenvalue weighted by atomic mass is 10.2. The van der Waals surface area contributed by atoms with E-state index in [1.807, 2.05) is 18.2 Å². The van der Waals surface area contributed by atoms with Gasteiger partial charge in [-0.25, -0.2) is 4.79 Å². The number of esters is 1. The molecule has 0 bridgehead atoms. The minimum absolute atomic E-state index is 0.137. The van der Waals surface area contributed by atoms with Crippen LogP contribution >= 0.6 is 22.6 Å². The molecular weight excluding hydrogens is 343 g/mol. The first-order chi connectivity index (χ1) is 8.67. The number of benzene rings is 1. The number of aromatic nitrogens is 1. The third-order valence-corrected chi connectivity index (χ3v) is 3.25. The van der Waals surface area contributed by atoms with Crippen molar-refractivity contribution in [3.05, 3.63) is 33.5 Å². The van der Waals surface area contributed by atoms with Crippen LogP contribution in [0.3, 0.4) is 0 Å². The average Bonchev–Trinajstić information content (AvgIpc) is 2.69. The summed E-state index contributed by atoms with van der Waals surface area (Å²) in [5, 5.41) is 9.82. The Bertz CT molecular complexity index is 640. The van der Waals surface area contributed by atoms with Gasteiger partial charge in [0, 0.05) is 8.96 Å². The van der Waals surface area contributed by atoms with Crippen LogP contribution in [0.15, 0.2) is 24.3 Å². The monoisotopic (exact) mass is 354 g/mol. The van der Waals surface area contributed by atoms with Crippen molar-refractivity contribution in [2.24, 2.45) is 0 Å². The molecule has 2 rings (SSSR count). The predicted molar refractivity (Wildman–Crippen MR) is 76.2 cm³/mol. The summed E-state index contributed by atoms with van der Waals surface area (Å²) >= 11 is 2.20. The van der Waals surface area contributed by atoms with Crippen LogP contribution in [0.5, 0.6) is 0 Å². The molecule has 1 heterocycles. The largest absolute Gasteiger partial charge is 0.461 e. The third kappa shape index (κ3) is 2.34. The second kappa shape index (κ2) is 5.40. The van der Waals surface area contributed by atoms with Gasteiger partial charge in [-0.1, -0.05) is 6.07 Å². The summed E-state index contributed by atoms with van der Waals surface area (Å²) in [4.78, 5) is 11.8. The van der Waals surface area contributed by atoms with Crippen molar-refractivity contribution in [1.29, 1.82) is 5.26 Å². The predicted octanol–water partition coefficient (Wildman–Crippen LogP) is 2.95. The Balaban J connectivity index is 2.62. The van der Waals surface area contributed by atoms with Gasteiger partial charge in [-0.3, -0.25) is 0 Å². The summed E-state index contributed by atoms with van der Waals surface area (Å²) < 4.78 is 7.76. The Morgan fingerprint density at radius 3 is 2.94 bits per heavy atom. The van der Waals surface area contributed by atoms with Gasteiger partial charge >= 0.3 is 5.97 Å². The molecule has 0 aliphatic rings. The van der Waals surface area contributed by atoms with E-state index >= 15 is 0 Å². The Morgan fingerprint density at radius 1 is 1.50 bits per heavy atom. The van der Waals surface area contributed by atoms with E-state index in [2.05, 4.69) is 28.7 Å². The SMILES string of the molecule is CCOC(=O)c1cc2ccc(I)cc2n1CC#N. The van der Waals surface area contributed by atoms with E-state index in [-0.39, 0.29) is 12.5 Å². The lowest BCUT2D eigenvalue weighted by Gasteiger charge is -2.05. The minimum Gasteiger partial charge on any atom is -0.461 e. The fraction of sp³-hybridized carbons (Fsp3) is 0.231. The van der Waals surface area contributed by atoms with Crippen LogP contribution in [-0.4, -0.2) is 17.1 Å². The van der Waals surface area contributed by atoms with Crippen molar-refractivity contribution in [2.45, 2.75) is 13.5 Å². The maximum atomic E-state index is 11.8. The summed E-state index contributed by atoms with van der Waals surface area (Å²) in [5.74, 6) is -0.390. The minimum atomic E-state index is -0.390. The number of nitriles is 1. The molecule has 5 heteroatoms. The number of nitrogens with zero attached hydrogens (tertiary/aromatic N) is 2. The van der Waals surface area contributed by atoms with Crippen molar-refractivity contribution >= 4 is 39.5 Å². The molecule has 0 aliphatic heterocycles. The standard InChI is InChI=1S/C13H11IN2O2/c1-2-18-13(17)12-7-9-3-4-10(14)8-11(9)16(12)6-5-15/h3-4,7-8H,2,6H2,1H3. The lowest BCUT2D eigenvalue weighted by Crippen LogP contribution is -2.11. The van der Waals surface area contributed by atoms with Gasteiger partial charge in [-0.05, 0) is 47.7 Å². The lowest BCUT2D eigenvalue weighted by molar-refractivity contribution is 0.0515. The van der Waals surface area contributed by atoms with E-state index in [1.165, 1.54) is 0 Å². The summed E-state index contributed by atoms with van der Waals surface area (Å²) in [6, 6.07) is 9.70. The van der Waals surface area contributed by atoms with Gasteiger partial charge in [-0.2, -0.15) is 5.26 Å². The Labute approximate surface area is 118 Å². The summed E-state index contributed by atoms with van der Waals surface area (Å²) in [7, 11) is 0. The number of carbonyl (C=O) groups is 1. The van der Waals surface area contributed by atoms with Crippen LogP contribution in [0.25, 0.3) is 10.9 Å². The van der Waals surface area contributed by atoms with Crippen LogP contribution in [-0.2, 0) is 11.3 Å². The van der Waals surface area contributed by atoms with Crippen LogP contribution in [0.1, 0.15) is 17.4 Å². The molecule has 0 radical (unpaired) electrons. The highest BCUT2D eigenvalue weighted by molar-refractivity contribution is 14.1. The van der Waals surface area contributed by atoms with Gasteiger partial charge in [0.05, 0.1) is 18.2 Å². The molecule has 0 spiro atoms. The Kier molecular flexibility index (Phi) is 3.87. The molecule has 92 valence electrons. The third-order valence-electron chi connectivity index (χ3n) is 2.58. The Hall–Kier alpha value is -1.55. The number of hydrogen-bond acceptors (Lipinski definition) is 3. The van der Waals surface area contributed by atoms with Gasteiger partial charge in [0.2, 0.25) is 0 Å². The molecule has 1 aromatic carbocycles. The maximum absolute atomic E-state index is 11.8. The number of rotatable bonds is 3. The molecule has 1 aromatic heterocycles. The van der Waals surface area contributed by atoms with E-state index < -0.39 is 0 Å². The summed E-state index contributed by atoms with van der Waals surface area (Å²) in [6.45, 7) is 2.22. The molecule has 2 aromatic rings. The molecule has 4 nitrogen and oxygen atoms in total. The van der Waals surface area contributed by atoms with Crippen LogP contribution in [0.4, 0.5) is 0 Å². The second-order valence-corrected chi connectivity index (χ2v) is 4.94. The molecular formula is C13H11IN2O2. The molecule has 0 saturated carbocycles. The summed E-state index contributed by atoms with van der Waals surface area (Å²) in [6.07, 6.45) is 0. The fourth-order valence-corrected chi connectivity index (χ4v) is 2.32. The van der Waals surface area contributed by atoms with Crippen molar-refractivity contribution < 1.29 is 9.53 Å². The molecule has 0 unspecified atom stereocenters. The van der Waals surface area contributed by atoms with Gasteiger partial charge in [0.25, 0.3) is 0 Å². The smallest absolute Gasteiger partial charge is 0.355 e. The van der Waals surface area contributed by atoms with Gasteiger partial charge < -0.3 is 9.30 Å². The molecule has 0 fully saturated rings. The van der Waals surface area contributed by atoms with Crippen LogP contribution < -0.4 is 0 Å². The topological polar surface area (TPSA) is 55.0 Å². The fourth-order valence-electron chi connectivity index (χ4n) is 1.84. The number of hydrogen-bond donors (Lipinski definition) is 0. The van der Waals surface area contributed by atoms with Gasteiger partial charge in [-0.15, -0.1) is 0 Å². The van der Waals surface area contributed by atoms with E-state index in [0.29, 0.717) is 12.3 Å². The first kappa shape index (κ1) is 12.9. The van der Waals surface area contributed by atoms with Crippen molar-refractivity contribution in [1.82, 2.24) is 4.57 Å². The number of fused-ring (bicyclic) bond motifs is 1. The molecule has 18 heavy (non-hydrogen) atoms. The molecule has 0 atom stereocenters. The normalized spacial score (nSPS) is 10.3. The maximum Gasteiger partial charge on any atom is 0.355 e. The highest BCUT2D eigenvalue weighted by Crippen LogP contribution is 2.22. The zero-order valence-corrected chi connectivity index (χ0v) is 12.0. The number of ether oxygens (including phenoxy) is 1. The zero-order chi connectivity index (χ0) is 13.1. The summed E-state index contributed by atoms with van der Waals surface area (Å²) in [5.41, 5.74) is 1.31. The Morgan fingerprint density at radius 2 is 2.28 bits per heavy atom. The van der Waals surface area contributed by atoms with Crippen molar-refractivity contribution in [2.75, 3.05) is 6.61 Å². The van der Waals surface area contributed by atoms with E-state index in [1.54, 1.807) is 17.6 Å². The van der Waals surface area contributed by atoms with Crippen molar-refractivity contribution in [3.8, 4) is 6.07 Å². The van der Waals surface area contributed by atoms with Crippen molar-refractivity contribution in [3.63, 3.8) is 0 Å². The second-order valence-electron chi connectivity index (χ2n) is 3.70. The molecule has 0 aliphatic carbocycles. The zero-order valence-electron chi connectivity index (χ0n) is 9.81. The molecule has 0 N–H and O–H groups in total. The van der Waals surface area contributed by atoms with Gasteiger partial charge in [0.1, 0.15) is 12.2 Å². The van der Waals surface area contributed by atoms with Crippen LogP contribution in [0.2, 0.25) is 0 Å². The number of carbonyl (C=O) groups excluding carboxylic acids is 1.